The molecular weight excluding hydrogens is 538 g/mol. The third-order valence-electron chi connectivity index (χ3n) is 8.22. The first kappa shape index (κ1) is 28.1. The van der Waals surface area contributed by atoms with E-state index in [4.69, 9.17) is 24.7 Å². The Balaban J connectivity index is 1.15. The molecule has 0 spiro atoms. The molecule has 2 saturated heterocycles. The van der Waals surface area contributed by atoms with Gasteiger partial charge >= 0.3 is 0 Å². The topological polar surface area (TPSA) is 79.4 Å². The summed E-state index contributed by atoms with van der Waals surface area (Å²) < 4.78 is 42.9. The van der Waals surface area contributed by atoms with E-state index >= 15 is 0 Å². The third-order valence-corrected chi connectivity index (χ3v) is 8.22. The fourth-order valence-electron chi connectivity index (χ4n) is 5.74. The molecular formula is C32H34F2N6O2. The van der Waals surface area contributed by atoms with E-state index in [1.807, 2.05) is 31.2 Å². The monoisotopic (exact) mass is 572 g/mol. The van der Waals surface area contributed by atoms with Gasteiger partial charge in [-0.25, -0.2) is 13.8 Å². The minimum atomic E-state index is -0.473. The molecule has 0 bridgehead atoms. The Morgan fingerprint density at radius 2 is 1.95 bits per heavy atom. The molecule has 0 aliphatic carbocycles. The molecule has 8 nitrogen and oxygen atoms in total. The average Bonchev–Trinajstić information content (AvgIpc) is 3.31. The Hall–Kier alpha value is -4.07. The third kappa shape index (κ3) is 5.80. The van der Waals surface area contributed by atoms with Crippen LogP contribution in [0.15, 0.2) is 48.5 Å². The number of fused-ring (bicyclic) bond motifs is 1. The van der Waals surface area contributed by atoms with Gasteiger partial charge in [-0.2, -0.15) is 10.2 Å². The van der Waals surface area contributed by atoms with Gasteiger partial charge in [0.05, 0.1) is 36.3 Å². The van der Waals surface area contributed by atoms with Gasteiger partial charge in [0.15, 0.2) is 5.82 Å². The van der Waals surface area contributed by atoms with E-state index in [0.717, 1.165) is 61.8 Å². The van der Waals surface area contributed by atoms with E-state index < -0.39 is 5.82 Å². The van der Waals surface area contributed by atoms with Crippen molar-refractivity contribution >= 4 is 16.9 Å². The molecule has 0 saturated carbocycles. The second kappa shape index (κ2) is 12.0. The predicted molar refractivity (Wildman–Crippen MR) is 155 cm³/mol. The molecule has 0 radical (unpaired) electrons. The van der Waals surface area contributed by atoms with Crippen LogP contribution >= 0.6 is 0 Å². The molecule has 42 heavy (non-hydrogen) atoms. The molecule has 2 atom stereocenters. The van der Waals surface area contributed by atoms with E-state index in [9.17, 15) is 8.78 Å². The number of hydrogen-bond donors (Lipinski definition) is 0. The molecule has 2 aromatic carbocycles. The highest BCUT2D eigenvalue weighted by atomic mass is 19.1. The number of piperazine rings is 1. The number of rotatable bonds is 9. The van der Waals surface area contributed by atoms with Gasteiger partial charge in [0.2, 0.25) is 5.88 Å². The first-order valence-electron chi connectivity index (χ1n) is 14.5. The van der Waals surface area contributed by atoms with Gasteiger partial charge in [-0.05, 0) is 55.7 Å². The predicted octanol–water partition coefficient (Wildman–Crippen LogP) is 5.36. The number of ether oxygens (including phenoxy) is 2. The summed E-state index contributed by atoms with van der Waals surface area (Å²) in [5.41, 5.74) is 2.76. The minimum Gasteiger partial charge on any atom is -0.473 e. The summed E-state index contributed by atoms with van der Waals surface area (Å²) in [7, 11) is 0. The van der Waals surface area contributed by atoms with Crippen LogP contribution in [0.4, 0.5) is 14.6 Å². The summed E-state index contributed by atoms with van der Waals surface area (Å²) in [6.07, 6.45) is 2.07. The lowest BCUT2D eigenvalue weighted by Crippen LogP contribution is -2.53. The highest BCUT2D eigenvalue weighted by Crippen LogP contribution is 2.27. The second-order valence-corrected chi connectivity index (χ2v) is 11.1. The number of hydrogen-bond acceptors (Lipinski definition) is 7. The van der Waals surface area contributed by atoms with Crippen LogP contribution in [0.2, 0.25) is 0 Å². The summed E-state index contributed by atoms with van der Waals surface area (Å²) in [6.45, 7) is 8.51. The van der Waals surface area contributed by atoms with Gasteiger partial charge in [0.1, 0.15) is 29.6 Å². The number of benzene rings is 2. The van der Waals surface area contributed by atoms with Gasteiger partial charge in [-0.3, -0.25) is 4.90 Å². The van der Waals surface area contributed by atoms with Crippen molar-refractivity contribution in [2.45, 2.75) is 58.5 Å². The molecule has 2 fully saturated rings. The van der Waals surface area contributed by atoms with Crippen LogP contribution in [0.5, 0.6) is 5.88 Å². The summed E-state index contributed by atoms with van der Waals surface area (Å²) in [5, 5.41) is 8.96. The minimum absolute atomic E-state index is 0.0202. The number of imidazole rings is 1. The van der Waals surface area contributed by atoms with Crippen molar-refractivity contribution in [3.8, 4) is 11.9 Å². The van der Waals surface area contributed by atoms with Crippen LogP contribution in [0.1, 0.15) is 42.3 Å². The number of nitrogens with zero attached hydrogens (tertiary/aromatic N) is 6. The van der Waals surface area contributed by atoms with Gasteiger partial charge in [-0.15, -0.1) is 0 Å². The lowest BCUT2D eigenvalue weighted by molar-refractivity contribution is -0.0592. The number of anilines is 1. The van der Waals surface area contributed by atoms with Crippen LogP contribution in [-0.2, 0) is 24.4 Å². The van der Waals surface area contributed by atoms with Crippen molar-refractivity contribution in [1.82, 2.24) is 19.4 Å². The zero-order valence-electron chi connectivity index (χ0n) is 23.9. The summed E-state index contributed by atoms with van der Waals surface area (Å²) in [4.78, 5) is 14.2. The highest BCUT2D eigenvalue weighted by Gasteiger charge is 2.30. The first-order valence-corrected chi connectivity index (χ1v) is 14.5. The maximum absolute atomic E-state index is 14.9. The lowest BCUT2D eigenvalue weighted by atomic mass is 10.1. The summed E-state index contributed by atoms with van der Waals surface area (Å²) in [6, 6.07) is 15.7. The smallest absolute Gasteiger partial charge is 0.215 e. The molecule has 2 aliphatic heterocycles. The Kier molecular flexibility index (Phi) is 8.05. The number of pyridine rings is 1. The molecule has 2 aliphatic rings. The molecule has 10 heteroatoms. The van der Waals surface area contributed by atoms with Crippen molar-refractivity contribution in [3.63, 3.8) is 0 Å². The van der Waals surface area contributed by atoms with Crippen LogP contribution in [-0.4, -0.2) is 57.8 Å². The molecule has 2 aromatic heterocycles. The van der Waals surface area contributed by atoms with Crippen molar-refractivity contribution < 1.29 is 18.3 Å². The van der Waals surface area contributed by atoms with E-state index in [2.05, 4.69) is 21.3 Å². The Labute approximate surface area is 244 Å². The molecule has 4 heterocycles. The quantitative estimate of drug-likeness (QED) is 0.267. The number of nitriles is 1. The van der Waals surface area contributed by atoms with Crippen molar-refractivity contribution in [1.29, 1.82) is 5.26 Å². The number of aromatic nitrogens is 3. The van der Waals surface area contributed by atoms with Gasteiger partial charge in [0, 0.05) is 43.9 Å². The van der Waals surface area contributed by atoms with E-state index in [1.54, 1.807) is 24.3 Å². The molecule has 218 valence electrons. The maximum Gasteiger partial charge on any atom is 0.215 e. The van der Waals surface area contributed by atoms with Crippen LogP contribution in [0, 0.1) is 29.9 Å². The molecule has 4 aromatic rings. The van der Waals surface area contributed by atoms with Gasteiger partial charge in [-0.1, -0.05) is 19.1 Å². The fourth-order valence-corrected chi connectivity index (χ4v) is 5.74. The lowest BCUT2D eigenvalue weighted by Gasteiger charge is -2.41. The molecule has 2 unspecified atom stereocenters. The first-order chi connectivity index (χ1) is 20.4. The van der Waals surface area contributed by atoms with Crippen LogP contribution < -0.4 is 9.64 Å². The van der Waals surface area contributed by atoms with Crippen molar-refractivity contribution in [2.75, 3.05) is 31.1 Å². The normalized spacial score (nSPS) is 19.1. The maximum atomic E-state index is 14.9. The number of aryl methyl sites for hydroxylation is 1. The van der Waals surface area contributed by atoms with Crippen molar-refractivity contribution in [2.24, 2.45) is 0 Å². The average molecular weight is 573 g/mol. The highest BCUT2D eigenvalue weighted by molar-refractivity contribution is 5.77. The fraction of sp³-hybridized carbons (Fsp3) is 0.406. The van der Waals surface area contributed by atoms with E-state index in [0.29, 0.717) is 30.0 Å². The molecule has 0 amide bonds. The SMILES string of the molecule is CCC1CN(c2cccc(OCc3ccc(C#N)cc3F)n2)CCN1Cc1nc2c(F)cc(C)cc2n1CC1CCO1. The summed E-state index contributed by atoms with van der Waals surface area (Å²) in [5.74, 6) is 1.32. The van der Waals surface area contributed by atoms with Crippen molar-refractivity contribution in [3.05, 3.63) is 82.7 Å². The Morgan fingerprint density at radius 1 is 1.10 bits per heavy atom. The zero-order valence-corrected chi connectivity index (χ0v) is 23.9. The van der Waals surface area contributed by atoms with Gasteiger partial charge in [0.25, 0.3) is 0 Å². The van der Waals surface area contributed by atoms with Gasteiger partial charge < -0.3 is 18.9 Å². The van der Waals surface area contributed by atoms with Crippen LogP contribution in [0.3, 0.4) is 0 Å². The Morgan fingerprint density at radius 3 is 2.69 bits per heavy atom. The largest absolute Gasteiger partial charge is 0.473 e. The number of halogens is 2. The van der Waals surface area contributed by atoms with E-state index in [-0.39, 0.29) is 30.1 Å². The summed E-state index contributed by atoms with van der Waals surface area (Å²) >= 11 is 0. The standard InChI is InChI=1S/C32H34F2N6O2/c1-3-24-17-39(29-5-4-6-31(36-29)42-20-23-8-7-22(16-35)15-26(23)33)11-10-38(24)19-30-37-32-27(34)13-21(2)14-28(32)40(30)18-25-9-12-41-25/h4-8,13-15,24-25H,3,9-12,17-20H2,1-2H3. The molecule has 0 N–H and O–H groups in total. The Bertz CT molecular complexity index is 1630. The van der Waals surface area contributed by atoms with E-state index in [1.165, 1.54) is 6.07 Å². The molecule has 6 rings (SSSR count). The second-order valence-electron chi connectivity index (χ2n) is 11.1. The van der Waals surface area contributed by atoms with Crippen LogP contribution in [0.25, 0.3) is 11.0 Å². The zero-order chi connectivity index (χ0) is 29.2.